The summed E-state index contributed by atoms with van der Waals surface area (Å²) in [6.45, 7) is 4.25. The zero-order chi connectivity index (χ0) is 28.3. The van der Waals surface area contributed by atoms with Gasteiger partial charge in [-0.15, -0.1) is 0 Å². The Labute approximate surface area is 232 Å². The molecule has 1 N–H and O–H groups in total. The molecule has 0 radical (unpaired) electrons. The molecule has 3 heterocycles. The summed E-state index contributed by atoms with van der Waals surface area (Å²) in [5.41, 5.74) is 1.18. The van der Waals surface area contributed by atoms with E-state index in [9.17, 15) is 22.8 Å². The van der Waals surface area contributed by atoms with Crippen LogP contribution in [0, 0.1) is 0 Å². The third-order valence-electron chi connectivity index (χ3n) is 7.91. The van der Waals surface area contributed by atoms with E-state index in [-0.39, 0.29) is 24.0 Å². The summed E-state index contributed by atoms with van der Waals surface area (Å²) in [6.07, 6.45) is 1.34. The first-order valence-corrected chi connectivity index (χ1v) is 13.6. The Balaban J connectivity index is 1.10. The fourth-order valence-corrected chi connectivity index (χ4v) is 5.48. The minimum Gasteiger partial charge on any atom is -0.353 e. The van der Waals surface area contributed by atoms with Crippen LogP contribution in [-0.4, -0.2) is 83.1 Å². The van der Waals surface area contributed by atoms with Gasteiger partial charge >= 0.3 is 12.2 Å². The van der Waals surface area contributed by atoms with Crippen molar-refractivity contribution in [3.05, 3.63) is 84.2 Å². The highest BCUT2D eigenvalue weighted by Crippen LogP contribution is 2.31. The number of hydrogen-bond acceptors (Lipinski definition) is 3. The highest BCUT2D eigenvalue weighted by molar-refractivity contribution is 5.95. The van der Waals surface area contributed by atoms with E-state index in [2.05, 4.69) is 9.88 Å². The number of hydrogen-bond donors (Lipinski definition) is 1. The Kier molecular flexibility index (Phi) is 8.16. The molecule has 5 rings (SSSR count). The van der Waals surface area contributed by atoms with Crippen LogP contribution in [0.5, 0.6) is 0 Å². The minimum absolute atomic E-state index is 0.0268. The van der Waals surface area contributed by atoms with Crippen LogP contribution in [0.3, 0.4) is 0 Å². The van der Waals surface area contributed by atoms with Crippen LogP contribution in [-0.2, 0) is 12.7 Å². The molecule has 40 heavy (non-hydrogen) atoms. The summed E-state index contributed by atoms with van der Waals surface area (Å²) in [6, 6.07) is 16.1. The van der Waals surface area contributed by atoms with Gasteiger partial charge in [0, 0.05) is 70.3 Å². The first-order chi connectivity index (χ1) is 19.2. The van der Waals surface area contributed by atoms with Crippen molar-refractivity contribution in [3.63, 3.8) is 0 Å². The number of benzene rings is 2. The molecule has 2 aliphatic rings. The molecule has 1 aromatic heterocycles. The first-order valence-electron chi connectivity index (χ1n) is 13.6. The van der Waals surface area contributed by atoms with Crippen molar-refractivity contribution in [1.82, 2.24) is 24.6 Å². The van der Waals surface area contributed by atoms with Gasteiger partial charge in [0.1, 0.15) is 0 Å². The predicted octanol–water partition coefficient (Wildman–Crippen LogP) is 4.80. The molecule has 10 heteroatoms. The number of likely N-dealkylation sites (tertiary alicyclic amines) is 2. The monoisotopic (exact) mass is 553 g/mol. The van der Waals surface area contributed by atoms with Gasteiger partial charge in [0.15, 0.2) is 0 Å². The van der Waals surface area contributed by atoms with Crippen molar-refractivity contribution in [2.75, 3.05) is 39.8 Å². The lowest BCUT2D eigenvalue weighted by molar-refractivity contribution is -0.137. The maximum Gasteiger partial charge on any atom is 0.416 e. The summed E-state index contributed by atoms with van der Waals surface area (Å²) < 4.78 is 40.7. The molecule has 2 saturated heterocycles. The third kappa shape index (κ3) is 6.33. The second-order valence-electron chi connectivity index (χ2n) is 10.5. The lowest BCUT2D eigenvalue weighted by Crippen LogP contribution is -2.45. The quantitative estimate of drug-likeness (QED) is 0.457. The summed E-state index contributed by atoms with van der Waals surface area (Å²) in [7, 11) is 1.76. The standard InChI is InChI=1S/C30H34F3N5O2/c1-35(28(39)24-6-4-22(5-7-24)23-8-10-25(11-9-23)30(31,32)33)27-13-18-38(21-27)29(40)37-17-12-26(20-37)34-14-19-36-15-2-3-16-36/h2-11,15-16,26-27,34H,12-14,17-21H2,1H3/t26-,27+/m1/s1. The summed E-state index contributed by atoms with van der Waals surface area (Å²) in [5.74, 6) is -0.147. The third-order valence-corrected chi connectivity index (χ3v) is 7.91. The van der Waals surface area contributed by atoms with E-state index in [0.29, 0.717) is 37.2 Å². The maximum atomic E-state index is 13.2. The van der Waals surface area contributed by atoms with Gasteiger partial charge in [0.2, 0.25) is 0 Å². The number of carbonyl (C=O) groups is 2. The Hall–Kier alpha value is -3.79. The highest BCUT2D eigenvalue weighted by Gasteiger charge is 2.35. The van der Waals surface area contributed by atoms with Gasteiger partial charge in [0.05, 0.1) is 11.6 Å². The molecule has 2 aromatic carbocycles. The minimum atomic E-state index is -4.38. The number of amides is 3. The van der Waals surface area contributed by atoms with E-state index in [0.717, 1.165) is 43.8 Å². The van der Waals surface area contributed by atoms with Crippen LogP contribution in [0.4, 0.5) is 18.0 Å². The fourth-order valence-electron chi connectivity index (χ4n) is 5.48. The molecule has 0 aliphatic carbocycles. The van der Waals surface area contributed by atoms with Gasteiger partial charge in [0.25, 0.3) is 5.91 Å². The van der Waals surface area contributed by atoms with Crippen molar-refractivity contribution in [2.24, 2.45) is 0 Å². The van der Waals surface area contributed by atoms with Gasteiger partial charge in [-0.3, -0.25) is 4.79 Å². The molecule has 0 saturated carbocycles. The second-order valence-corrected chi connectivity index (χ2v) is 10.5. The Morgan fingerprint density at radius 1 is 0.900 bits per heavy atom. The fraction of sp³-hybridized carbons (Fsp3) is 0.400. The van der Waals surface area contributed by atoms with E-state index >= 15 is 0 Å². The summed E-state index contributed by atoms with van der Waals surface area (Å²) in [5, 5.41) is 3.55. The molecule has 0 unspecified atom stereocenters. The number of rotatable bonds is 7. The lowest BCUT2D eigenvalue weighted by Gasteiger charge is -2.27. The van der Waals surface area contributed by atoms with Gasteiger partial charge < -0.3 is 24.6 Å². The lowest BCUT2D eigenvalue weighted by atomic mass is 10.0. The zero-order valence-corrected chi connectivity index (χ0v) is 22.5. The molecular formula is C30H34F3N5O2. The molecule has 2 fully saturated rings. The Morgan fingerprint density at radius 3 is 2.15 bits per heavy atom. The number of likely N-dealkylation sites (N-methyl/N-ethyl adjacent to an activating group) is 1. The van der Waals surface area contributed by atoms with E-state index in [1.165, 1.54) is 12.1 Å². The molecule has 212 valence electrons. The maximum absolute atomic E-state index is 13.2. The molecule has 0 bridgehead atoms. The number of nitrogens with zero attached hydrogens (tertiary/aromatic N) is 4. The number of urea groups is 1. The van der Waals surface area contributed by atoms with Crippen molar-refractivity contribution in [2.45, 2.75) is 37.6 Å². The van der Waals surface area contributed by atoms with Gasteiger partial charge in [-0.2, -0.15) is 13.2 Å². The number of nitrogens with one attached hydrogen (secondary N) is 1. The Bertz CT molecular complexity index is 1290. The average Bonchev–Trinajstić information content (AvgIpc) is 3.74. The van der Waals surface area contributed by atoms with Crippen molar-refractivity contribution in [1.29, 1.82) is 0 Å². The highest BCUT2D eigenvalue weighted by atomic mass is 19.4. The van der Waals surface area contributed by atoms with Crippen molar-refractivity contribution in [3.8, 4) is 11.1 Å². The molecule has 2 aliphatic heterocycles. The van der Waals surface area contributed by atoms with Gasteiger partial charge in [-0.05, 0) is 60.4 Å². The topological polar surface area (TPSA) is 60.8 Å². The van der Waals surface area contributed by atoms with Crippen molar-refractivity contribution >= 4 is 11.9 Å². The molecule has 3 aromatic rings. The largest absolute Gasteiger partial charge is 0.416 e. The molecular weight excluding hydrogens is 519 g/mol. The first kappa shape index (κ1) is 27.8. The van der Waals surface area contributed by atoms with Crippen LogP contribution in [0.1, 0.15) is 28.8 Å². The SMILES string of the molecule is CN(C(=O)c1ccc(-c2ccc(C(F)(F)F)cc2)cc1)[C@H]1CCN(C(=O)N2CC[C@@H](NCCn3cccc3)C2)C1. The van der Waals surface area contributed by atoms with Crippen LogP contribution in [0.2, 0.25) is 0 Å². The van der Waals surface area contributed by atoms with Crippen LogP contribution >= 0.6 is 0 Å². The van der Waals surface area contributed by atoms with Crippen LogP contribution in [0.25, 0.3) is 11.1 Å². The second kappa shape index (κ2) is 11.8. The zero-order valence-electron chi connectivity index (χ0n) is 22.5. The normalized spacial score (nSPS) is 19.3. The van der Waals surface area contributed by atoms with E-state index in [1.54, 1.807) is 36.2 Å². The summed E-state index contributed by atoms with van der Waals surface area (Å²) >= 11 is 0. The van der Waals surface area contributed by atoms with Crippen LogP contribution in [0.15, 0.2) is 73.1 Å². The Morgan fingerprint density at radius 2 is 1.50 bits per heavy atom. The van der Waals surface area contributed by atoms with E-state index in [1.807, 2.05) is 34.3 Å². The van der Waals surface area contributed by atoms with Crippen molar-refractivity contribution < 1.29 is 22.8 Å². The smallest absolute Gasteiger partial charge is 0.353 e. The molecule has 7 nitrogen and oxygen atoms in total. The molecule has 0 spiro atoms. The number of carbonyl (C=O) groups excluding carboxylic acids is 2. The van der Waals surface area contributed by atoms with E-state index in [4.69, 9.17) is 0 Å². The van der Waals surface area contributed by atoms with Gasteiger partial charge in [-0.25, -0.2) is 4.79 Å². The van der Waals surface area contributed by atoms with Gasteiger partial charge in [-0.1, -0.05) is 24.3 Å². The number of aromatic nitrogens is 1. The number of halogens is 3. The predicted molar refractivity (Wildman–Crippen MR) is 147 cm³/mol. The molecule has 3 amide bonds. The summed E-state index contributed by atoms with van der Waals surface area (Å²) in [4.78, 5) is 31.8. The van der Waals surface area contributed by atoms with Crippen LogP contribution < -0.4 is 5.32 Å². The number of alkyl halides is 3. The average molecular weight is 554 g/mol. The van der Waals surface area contributed by atoms with E-state index < -0.39 is 11.7 Å². The molecule has 2 atom stereocenters.